The molecule has 3 nitrogen and oxygen atoms in total. The van der Waals surface area contributed by atoms with Crippen molar-refractivity contribution in [1.82, 2.24) is 5.32 Å². The van der Waals surface area contributed by atoms with Crippen LogP contribution in [0, 0.1) is 23.7 Å². The van der Waals surface area contributed by atoms with Gasteiger partial charge in [-0.3, -0.25) is 4.79 Å². The van der Waals surface area contributed by atoms with Crippen LogP contribution in [0.25, 0.3) is 0 Å². The monoisotopic (exact) mass is 239 g/mol. The maximum absolute atomic E-state index is 11.1. The van der Waals surface area contributed by atoms with E-state index in [-0.39, 0.29) is 5.92 Å². The molecule has 0 aromatic rings. The molecule has 2 aliphatic rings. The first kappa shape index (κ1) is 12.9. The number of hydrogen-bond acceptors (Lipinski definition) is 2. The van der Waals surface area contributed by atoms with Crippen molar-refractivity contribution >= 4 is 5.97 Å². The molecule has 17 heavy (non-hydrogen) atoms. The van der Waals surface area contributed by atoms with E-state index in [4.69, 9.17) is 5.11 Å². The standard InChI is InChI=1S/C14H25NO2/c1-10(14(16)17)12-7-13(9-15-8-12)11-5-3-2-4-6-11/h10-13,15H,2-9H2,1H3,(H,16,17). The number of aliphatic carboxylic acids is 1. The van der Waals surface area contributed by atoms with Gasteiger partial charge in [0.2, 0.25) is 0 Å². The molecule has 3 heteroatoms. The molecule has 1 heterocycles. The molecule has 2 rings (SSSR count). The minimum Gasteiger partial charge on any atom is -0.481 e. The molecular weight excluding hydrogens is 214 g/mol. The van der Waals surface area contributed by atoms with Crippen LogP contribution in [0.4, 0.5) is 0 Å². The van der Waals surface area contributed by atoms with Crippen LogP contribution in [0.5, 0.6) is 0 Å². The number of carboxylic acids is 1. The van der Waals surface area contributed by atoms with Gasteiger partial charge in [-0.2, -0.15) is 0 Å². The van der Waals surface area contributed by atoms with E-state index in [1.54, 1.807) is 0 Å². The van der Waals surface area contributed by atoms with Gasteiger partial charge >= 0.3 is 5.97 Å². The summed E-state index contributed by atoms with van der Waals surface area (Å²) in [5, 5.41) is 12.6. The van der Waals surface area contributed by atoms with Crippen molar-refractivity contribution in [3.63, 3.8) is 0 Å². The number of rotatable bonds is 3. The third kappa shape index (κ3) is 3.21. The van der Waals surface area contributed by atoms with Crippen molar-refractivity contribution < 1.29 is 9.90 Å². The fourth-order valence-electron chi connectivity index (χ4n) is 3.56. The Kier molecular flexibility index (Phi) is 4.43. The van der Waals surface area contributed by atoms with Crippen LogP contribution in [0.15, 0.2) is 0 Å². The number of piperidine rings is 1. The number of carbonyl (C=O) groups is 1. The highest BCUT2D eigenvalue weighted by Crippen LogP contribution is 2.36. The lowest BCUT2D eigenvalue weighted by Gasteiger charge is -2.38. The molecule has 0 spiro atoms. The predicted molar refractivity (Wildman–Crippen MR) is 67.8 cm³/mol. The van der Waals surface area contributed by atoms with Gasteiger partial charge in [0.15, 0.2) is 0 Å². The fourth-order valence-corrected chi connectivity index (χ4v) is 3.56. The number of hydrogen-bond donors (Lipinski definition) is 2. The Morgan fingerprint density at radius 3 is 2.53 bits per heavy atom. The minimum atomic E-state index is -0.638. The topological polar surface area (TPSA) is 49.3 Å². The fraction of sp³-hybridized carbons (Fsp3) is 0.929. The molecule has 98 valence electrons. The van der Waals surface area contributed by atoms with Crippen LogP contribution >= 0.6 is 0 Å². The van der Waals surface area contributed by atoms with Crippen molar-refractivity contribution in [1.29, 1.82) is 0 Å². The molecule has 1 saturated carbocycles. The van der Waals surface area contributed by atoms with E-state index >= 15 is 0 Å². The van der Waals surface area contributed by atoms with Crippen LogP contribution in [0.1, 0.15) is 45.4 Å². The molecule has 1 aliphatic carbocycles. The summed E-state index contributed by atoms with van der Waals surface area (Å²) in [7, 11) is 0. The summed E-state index contributed by atoms with van der Waals surface area (Å²) < 4.78 is 0. The zero-order valence-electron chi connectivity index (χ0n) is 10.8. The van der Waals surface area contributed by atoms with Crippen LogP contribution in [0.2, 0.25) is 0 Å². The molecule has 2 fully saturated rings. The highest BCUT2D eigenvalue weighted by atomic mass is 16.4. The van der Waals surface area contributed by atoms with Crippen LogP contribution in [0.3, 0.4) is 0 Å². The van der Waals surface area contributed by atoms with E-state index in [0.717, 1.165) is 31.3 Å². The average Bonchev–Trinajstić information content (AvgIpc) is 2.39. The lowest BCUT2D eigenvalue weighted by atomic mass is 9.72. The van der Waals surface area contributed by atoms with Gasteiger partial charge in [-0.25, -0.2) is 0 Å². The first-order chi connectivity index (χ1) is 8.18. The molecule has 0 bridgehead atoms. The summed E-state index contributed by atoms with van der Waals surface area (Å²) in [6.07, 6.45) is 7.98. The molecule has 1 saturated heterocycles. The Morgan fingerprint density at radius 1 is 1.18 bits per heavy atom. The van der Waals surface area contributed by atoms with Crippen molar-refractivity contribution in [3.8, 4) is 0 Å². The molecule has 2 N–H and O–H groups in total. The molecule has 3 atom stereocenters. The zero-order chi connectivity index (χ0) is 12.3. The summed E-state index contributed by atoms with van der Waals surface area (Å²) in [5.41, 5.74) is 0. The number of carboxylic acid groups (broad SMARTS) is 1. The smallest absolute Gasteiger partial charge is 0.306 e. The molecule has 0 radical (unpaired) electrons. The average molecular weight is 239 g/mol. The summed E-state index contributed by atoms with van der Waals surface area (Å²) in [6.45, 7) is 3.85. The Hall–Kier alpha value is -0.570. The van der Waals surface area contributed by atoms with Crippen molar-refractivity contribution in [2.45, 2.75) is 45.4 Å². The summed E-state index contributed by atoms with van der Waals surface area (Å²) in [5.74, 6) is 1.05. The molecule has 1 aliphatic heterocycles. The Labute approximate surface area is 104 Å². The second-order valence-corrected chi connectivity index (χ2v) is 5.94. The summed E-state index contributed by atoms with van der Waals surface area (Å²) >= 11 is 0. The van der Waals surface area contributed by atoms with Crippen LogP contribution in [-0.4, -0.2) is 24.2 Å². The molecule has 3 unspecified atom stereocenters. The third-order valence-electron chi connectivity index (χ3n) is 4.83. The SMILES string of the molecule is CC(C(=O)O)C1CNCC(C2CCCCC2)C1. The minimum absolute atomic E-state index is 0.200. The Balaban J connectivity index is 1.89. The Bertz CT molecular complexity index is 261. The van der Waals surface area contributed by atoms with Gasteiger partial charge in [0.05, 0.1) is 5.92 Å². The van der Waals surface area contributed by atoms with Gasteiger partial charge in [0.1, 0.15) is 0 Å². The maximum atomic E-state index is 11.1. The predicted octanol–water partition coefficient (Wildman–Crippen LogP) is 2.51. The second kappa shape index (κ2) is 5.85. The van der Waals surface area contributed by atoms with E-state index < -0.39 is 5.97 Å². The highest BCUT2D eigenvalue weighted by Gasteiger charge is 2.33. The van der Waals surface area contributed by atoms with Crippen LogP contribution < -0.4 is 5.32 Å². The molecule has 0 aromatic carbocycles. The van der Waals surface area contributed by atoms with Gasteiger partial charge in [0, 0.05) is 0 Å². The number of nitrogens with one attached hydrogen (secondary N) is 1. The van der Waals surface area contributed by atoms with Gasteiger partial charge in [-0.05, 0) is 37.3 Å². The first-order valence-corrected chi connectivity index (χ1v) is 7.12. The lowest BCUT2D eigenvalue weighted by Crippen LogP contribution is -2.43. The molecular formula is C14H25NO2. The van der Waals surface area contributed by atoms with Gasteiger partial charge in [0.25, 0.3) is 0 Å². The first-order valence-electron chi connectivity index (χ1n) is 7.12. The largest absolute Gasteiger partial charge is 0.481 e. The zero-order valence-corrected chi connectivity index (χ0v) is 10.8. The summed E-state index contributed by atoms with van der Waals surface area (Å²) in [4.78, 5) is 11.1. The van der Waals surface area contributed by atoms with Crippen LogP contribution in [-0.2, 0) is 4.79 Å². The second-order valence-electron chi connectivity index (χ2n) is 5.94. The molecule has 0 amide bonds. The maximum Gasteiger partial charge on any atom is 0.306 e. The summed E-state index contributed by atoms with van der Waals surface area (Å²) in [6, 6.07) is 0. The van der Waals surface area contributed by atoms with E-state index in [1.165, 1.54) is 32.1 Å². The normalized spacial score (nSPS) is 33.2. The van der Waals surface area contributed by atoms with E-state index in [1.807, 2.05) is 6.92 Å². The third-order valence-corrected chi connectivity index (χ3v) is 4.83. The van der Waals surface area contributed by atoms with Crippen molar-refractivity contribution in [2.24, 2.45) is 23.7 Å². The quantitative estimate of drug-likeness (QED) is 0.795. The van der Waals surface area contributed by atoms with E-state index in [9.17, 15) is 4.79 Å². The lowest BCUT2D eigenvalue weighted by molar-refractivity contribution is -0.143. The van der Waals surface area contributed by atoms with Gasteiger partial charge in [-0.15, -0.1) is 0 Å². The Morgan fingerprint density at radius 2 is 1.88 bits per heavy atom. The van der Waals surface area contributed by atoms with E-state index in [0.29, 0.717) is 5.92 Å². The van der Waals surface area contributed by atoms with Crippen molar-refractivity contribution in [3.05, 3.63) is 0 Å². The van der Waals surface area contributed by atoms with E-state index in [2.05, 4.69) is 5.32 Å². The van der Waals surface area contributed by atoms with Gasteiger partial charge < -0.3 is 10.4 Å². The highest BCUT2D eigenvalue weighted by molar-refractivity contribution is 5.69. The van der Waals surface area contributed by atoms with Crippen molar-refractivity contribution in [2.75, 3.05) is 13.1 Å². The van der Waals surface area contributed by atoms with Gasteiger partial charge in [-0.1, -0.05) is 39.0 Å². The molecule has 0 aromatic heterocycles.